The van der Waals surface area contributed by atoms with Crippen molar-refractivity contribution in [2.24, 2.45) is 14.1 Å². The second-order valence-electron chi connectivity index (χ2n) is 8.31. The van der Waals surface area contributed by atoms with Crippen LogP contribution in [0.5, 0.6) is 0 Å². The molecule has 0 N–H and O–H groups in total. The van der Waals surface area contributed by atoms with Crippen LogP contribution in [0.4, 0.5) is 0 Å². The van der Waals surface area contributed by atoms with Crippen molar-refractivity contribution in [2.45, 2.75) is 19.5 Å². The number of ketones is 1. The Balaban J connectivity index is 1.48. The van der Waals surface area contributed by atoms with Crippen LogP contribution in [0.3, 0.4) is 0 Å². The molecule has 0 amide bonds. The van der Waals surface area contributed by atoms with Crippen molar-refractivity contribution in [1.82, 2.24) is 28.2 Å². The SMILES string of the molecule is Cn1c(=O)c2c(ncn2CC(=O)CCn2c(-c3ccccc3)nc3ccccc3c2=O)n(C)c1=O. The number of hydrogen-bond donors (Lipinski definition) is 0. The first-order valence-electron chi connectivity index (χ1n) is 11.0. The number of hydrogen-bond acceptors (Lipinski definition) is 6. The molecule has 10 nitrogen and oxygen atoms in total. The lowest BCUT2D eigenvalue weighted by Crippen LogP contribution is -2.37. The van der Waals surface area contributed by atoms with E-state index < -0.39 is 11.2 Å². The van der Waals surface area contributed by atoms with Crippen LogP contribution in [0.15, 0.2) is 75.3 Å². The third kappa shape index (κ3) is 3.78. The van der Waals surface area contributed by atoms with E-state index in [1.165, 1.54) is 34.1 Å². The average molecular weight is 470 g/mol. The second kappa shape index (κ2) is 8.64. The Hall–Kier alpha value is -4.60. The molecule has 5 aromatic rings. The topological polar surface area (TPSA) is 114 Å². The van der Waals surface area contributed by atoms with Gasteiger partial charge < -0.3 is 4.57 Å². The zero-order valence-corrected chi connectivity index (χ0v) is 19.2. The minimum absolute atomic E-state index is 0.0471. The van der Waals surface area contributed by atoms with Gasteiger partial charge in [-0.2, -0.15) is 0 Å². The van der Waals surface area contributed by atoms with E-state index in [0.29, 0.717) is 16.7 Å². The molecular weight excluding hydrogens is 448 g/mol. The molecule has 176 valence electrons. The third-order valence-corrected chi connectivity index (χ3v) is 6.07. The fourth-order valence-corrected chi connectivity index (χ4v) is 4.21. The molecule has 0 aliphatic carbocycles. The summed E-state index contributed by atoms with van der Waals surface area (Å²) in [4.78, 5) is 59.9. The summed E-state index contributed by atoms with van der Waals surface area (Å²) in [6, 6.07) is 16.5. The summed E-state index contributed by atoms with van der Waals surface area (Å²) in [6.07, 6.45) is 1.42. The number of rotatable bonds is 6. The Morgan fingerprint density at radius 1 is 0.886 bits per heavy atom. The van der Waals surface area contributed by atoms with Gasteiger partial charge in [0.1, 0.15) is 5.82 Å². The summed E-state index contributed by atoms with van der Waals surface area (Å²) in [7, 11) is 2.90. The smallest absolute Gasteiger partial charge is 0.317 e. The molecule has 0 saturated carbocycles. The van der Waals surface area contributed by atoms with Gasteiger partial charge in [-0.3, -0.25) is 28.1 Å². The first-order valence-corrected chi connectivity index (χ1v) is 11.0. The van der Waals surface area contributed by atoms with Crippen LogP contribution in [0.1, 0.15) is 6.42 Å². The van der Waals surface area contributed by atoms with Crippen molar-refractivity contribution in [3.8, 4) is 11.4 Å². The summed E-state index contributed by atoms with van der Waals surface area (Å²) in [5.74, 6) is 0.290. The number of carbonyl (C=O) groups is 1. The lowest BCUT2D eigenvalue weighted by Gasteiger charge is -2.14. The zero-order valence-electron chi connectivity index (χ0n) is 19.2. The van der Waals surface area contributed by atoms with Crippen molar-refractivity contribution in [2.75, 3.05) is 0 Å². The molecule has 0 saturated heterocycles. The van der Waals surface area contributed by atoms with E-state index in [0.717, 1.165) is 10.1 Å². The van der Waals surface area contributed by atoms with Gasteiger partial charge in [0.25, 0.3) is 11.1 Å². The fourth-order valence-electron chi connectivity index (χ4n) is 4.21. The van der Waals surface area contributed by atoms with Gasteiger partial charge in [0.05, 0.1) is 23.8 Å². The first-order chi connectivity index (χ1) is 16.9. The van der Waals surface area contributed by atoms with Crippen molar-refractivity contribution < 1.29 is 4.79 Å². The number of aryl methyl sites for hydroxylation is 1. The predicted molar refractivity (Wildman–Crippen MR) is 131 cm³/mol. The lowest BCUT2D eigenvalue weighted by molar-refractivity contribution is -0.119. The molecule has 3 heterocycles. The molecule has 0 aliphatic heterocycles. The average Bonchev–Trinajstić information content (AvgIpc) is 3.29. The van der Waals surface area contributed by atoms with E-state index in [2.05, 4.69) is 4.98 Å². The standard InChI is InChI=1S/C25H22N6O4/c1-28-22-20(24(34)29(2)25(28)35)30(15-26-22)14-17(32)12-13-31-21(16-8-4-3-5-9-16)27-19-11-7-6-10-18(19)23(31)33/h3-11,15H,12-14H2,1-2H3. The molecule has 35 heavy (non-hydrogen) atoms. The maximum atomic E-state index is 13.3. The highest BCUT2D eigenvalue weighted by molar-refractivity contribution is 5.81. The molecule has 0 spiro atoms. The molecule has 10 heteroatoms. The van der Waals surface area contributed by atoms with Crippen LogP contribution in [0.25, 0.3) is 33.5 Å². The van der Waals surface area contributed by atoms with E-state index >= 15 is 0 Å². The fraction of sp³-hybridized carbons (Fsp3) is 0.200. The number of carbonyl (C=O) groups excluding carboxylic acids is 1. The van der Waals surface area contributed by atoms with E-state index in [1.54, 1.807) is 18.2 Å². The van der Waals surface area contributed by atoms with E-state index in [-0.39, 0.29) is 42.0 Å². The van der Waals surface area contributed by atoms with Crippen molar-refractivity contribution in [3.63, 3.8) is 0 Å². The minimum Gasteiger partial charge on any atom is -0.317 e. The number of aromatic nitrogens is 6. The molecule has 2 aromatic carbocycles. The van der Waals surface area contributed by atoms with Crippen LogP contribution in [-0.4, -0.2) is 34.0 Å². The number of imidazole rings is 1. The maximum Gasteiger partial charge on any atom is 0.332 e. The summed E-state index contributed by atoms with van der Waals surface area (Å²) in [5.41, 5.74) is 0.521. The molecule has 0 fully saturated rings. The third-order valence-electron chi connectivity index (χ3n) is 6.07. The van der Waals surface area contributed by atoms with Gasteiger partial charge in [-0.1, -0.05) is 42.5 Å². The monoisotopic (exact) mass is 470 g/mol. The van der Waals surface area contributed by atoms with Crippen molar-refractivity contribution in [1.29, 1.82) is 0 Å². The molecular formula is C25H22N6O4. The number of Topliss-reactive ketones (excluding diaryl/α,β-unsaturated/α-hetero) is 1. The Morgan fingerprint density at radius 2 is 1.60 bits per heavy atom. The number of benzene rings is 2. The quantitative estimate of drug-likeness (QED) is 0.371. The van der Waals surface area contributed by atoms with Crippen LogP contribution in [0.2, 0.25) is 0 Å². The summed E-state index contributed by atoms with van der Waals surface area (Å²) in [6.45, 7) is 0.0171. The van der Waals surface area contributed by atoms with Gasteiger partial charge in [-0.25, -0.2) is 14.8 Å². The van der Waals surface area contributed by atoms with Gasteiger partial charge in [0.15, 0.2) is 16.9 Å². The van der Waals surface area contributed by atoms with Crippen LogP contribution in [-0.2, 0) is 32.0 Å². The number of para-hydroxylation sites is 1. The predicted octanol–water partition coefficient (Wildman–Crippen LogP) is 1.47. The second-order valence-corrected chi connectivity index (χ2v) is 8.31. The van der Waals surface area contributed by atoms with Crippen LogP contribution in [0, 0.1) is 0 Å². The highest BCUT2D eigenvalue weighted by atomic mass is 16.2. The maximum absolute atomic E-state index is 13.3. The Morgan fingerprint density at radius 3 is 2.37 bits per heavy atom. The molecule has 0 atom stereocenters. The molecule has 5 rings (SSSR count). The molecule has 0 radical (unpaired) electrons. The molecule has 0 aliphatic rings. The lowest BCUT2D eigenvalue weighted by atomic mass is 10.1. The summed E-state index contributed by atoms with van der Waals surface area (Å²) < 4.78 is 5.21. The molecule has 3 aromatic heterocycles. The number of nitrogens with zero attached hydrogens (tertiary/aromatic N) is 6. The van der Waals surface area contributed by atoms with Crippen molar-refractivity contribution >= 4 is 27.9 Å². The summed E-state index contributed by atoms with van der Waals surface area (Å²) in [5, 5.41) is 0.477. The van der Waals surface area contributed by atoms with Crippen LogP contribution >= 0.6 is 0 Å². The highest BCUT2D eigenvalue weighted by Gasteiger charge is 2.17. The summed E-state index contributed by atoms with van der Waals surface area (Å²) >= 11 is 0. The largest absolute Gasteiger partial charge is 0.332 e. The molecule has 0 bridgehead atoms. The Kier molecular flexibility index (Phi) is 5.48. The van der Waals surface area contributed by atoms with Gasteiger partial charge in [0.2, 0.25) is 0 Å². The Bertz CT molecular complexity index is 1780. The van der Waals surface area contributed by atoms with Gasteiger partial charge in [-0.15, -0.1) is 0 Å². The zero-order chi connectivity index (χ0) is 24.7. The van der Waals surface area contributed by atoms with E-state index in [9.17, 15) is 19.2 Å². The van der Waals surface area contributed by atoms with Crippen molar-refractivity contribution in [3.05, 3.63) is 92.1 Å². The van der Waals surface area contributed by atoms with Gasteiger partial charge >= 0.3 is 5.69 Å². The van der Waals surface area contributed by atoms with E-state index in [1.807, 2.05) is 36.4 Å². The molecule has 0 unspecified atom stereocenters. The first kappa shape index (κ1) is 22.2. The number of fused-ring (bicyclic) bond motifs is 2. The van der Waals surface area contributed by atoms with Gasteiger partial charge in [0, 0.05) is 32.6 Å². The van der Waals surface area contributed by atoms with Gasteiger partial charge in [-0.05, 0) is 12.1 Å². The van der Waals surface area contributed by atoms with Crippen LogP contribution < -0.4 is 16.8 Å². The normalized spacial score (nSPS) is 11.4. The Labute approximate surface area is 198 Å². The highest BCUT2D eigenvalue weighted by Crippen LogP contribution is 2.19. The van der Waals surface area contributed by atoms with E-state index in [4.69, 9.17) is 4.98 Å². The minimum atomic E-state index is -0.519.